The van der Waals surface area contributed by atoms with E-state index < -0.39 is 0 Å². The van der Waals surface area contributed by atoms with E-state index in [1.54, 1.807) is 13.3 Å². The molecule has 2 aromatic rings. The van der Waals surface area contributed by atoms with E-state index in [4.69, 9.17) is 10.5 Å². The van der Waals surface area contributed by atoms with Gasteiger partial charge < -0.3 is 15.4 Å². The standard InChI is InChI=1S/C15H19N3O/c1-18(14-5-3-4-6-15(14)19-2)11-12-7-8-17-13(9-12)10-16/h3-9H,10-11,16H2,1-2H3. The van der Waals surface area contributed by atoms with E-state index in [1.165, 1.54) is 5.56 Å². The first-order valence-electron chi connectivity index (χ1n) is 6.22. The Labute approximate surface area is 113 Å². The third-order valence-corrected chi connectivity index (χ3v) is 3.01. The first kappa shape index (κ1) is 13.4. The number of nitrogens with two attached hydrogens (primary N) is 1. The minimum Gasteiger partial charge on any atom is -0.495 e. The minimum absolute atomic E-state index is 0.464. The van der Waals surface area contributed by atoms with Crippen LogP contribution in [0.5, 0.6) is 5.75 Å². The Bertz CT molecular complexity index is 542. The number of nitrogens with zero attached hydrogens (tertiary/aromatic N) is 2. The molecule has 4 nitrogen and oxygen atoms in total. The number of ether oxygens (including phenoxy) is 1. The molecule has 0 spiro atoms. The molecule has 1 aromatic carbocycles. The molecule has 2 rings (SSSR count). The number of hydrogen-bond donors (Lipinski definition) is 1. The van der Waals surface area contributed by atoms with E-state index in [-0.39, 0.29) is 0 Å². The second-order valence-electron chi connectivity index (χ2n) is 4.39. The lowest BCUT2D eigenvalue weighted by atomic mass is 10.2. The molecule has 0 aliphatic heterocycles. The molecule has 0 saturated heterocycles. The third-order valence-electron chi connectivity index (χ3n) is 3.01. The van der Waals surface area contributed by atoms with Crippen molar-refractivity contribution in [1.82, 2.24) is 4.98 Å². The zero-order valence-electron chi connectivity index (χ0n) is 11.3. The highest BCUT2D eigenvalue weighted by Gasteiger charge is 2.08. The Hall–Kier alpha value is -2.07. The van der Waals surface area contributed by atoms with Crippen molar-refractivity contribution in [3.8, 4) is 5.75 Å². The molecule has 4 heteroatoms. The smallest absolute Gasteiger partial charge is 0.142 e. The van der Waals surface area contributed by atoms with Crippen molar-refractivity contribution < 1.29 is 4.74 Å². The fourth-order valence-electron chi connectivity index (χ4n) is 2.04. The normalized spacial score (nSPS) is 10.3. The van der Waals surface area contributed by atoms with Crippen molar-refractivity contribution in [2.24, 2.45) is 5.73 Å². The zero-order chi connectivity index (χ0) is 13.7. The molecule has 0 aliphatic rings. The van der Waals surface area contributed by atoms with Crippen LogP contribution in [-0.2, 0) is 13.1 Å². The monoisotopic (exact) mass is 257 g/mol. The van der Waals surface area contributed by atoms with Crippen LogP contribution in [0.2, 0.25) is 0 Å². The van der Waals surface area contributed by atoms with Crippen molar-refractivity contribution in [3.05, 3.63) is 53.9 Å². The van der Waals surface area contributed by atoms with Crippen molar-refractivity contribution in [1.29, 1.82) is 0 Å². The van der Waals surface area contributed by atoms with Gasteiger partial charge in [0.2, 0.25) is 0 Å². The first-order valence-corrected chi connectivity index (χ1v) is 6.22. The summed E-state index contributed by atoms with van der Waals surface area (Å²) >= 11 is 0. The Balaban J connectivity index is 2.18. The SMILES string of the molecule is COc1ccccc1N(C)Cc1ccnc(CN)c1. The van der Waals surface area contributed by atoms with Crippen LogP contribution >= 0.6 is 0 Å². The maximum atomic E-state index is 5.61. The Morgan fingerprint density at radius 1 is 1.26 bits per heavy atom. The molecule has 0 saturated carbocycles. The van der Waals surface area contributed by atoms with E-state index >= 15 is 0 Å². The van der Waals surface area contributed by atoms with Gasteiger partial charge in [0.1, 0.15) is 5.75 Å². The average molecular weight is 257 g/mol. The number of methoxy groups -OCH3 is 1. The molecule has 0 amide bonds. The summed E-state index contributed by atoms with van der Waals surface area (Å²) in [4.78, 5) is 6.35. The summed E-state index contributed by atoms with van der Waals surface area (Å²) < 4.78 is 5.38. The van der Waals surface area contributed by atoms with Crippen molar-refractivity contribution in [2.45, 2.75) is 13.1 Å². The van der Waals surface area contributed by atoms with Crippen LogP contribution in [-0.4, -0.2) is 19.1 Å². The molecule has 0 atom stereocenters. The summed E-state index contributed by atoms with van der Waals surface area (Å²) in [6.07, 6.45) is 1.80. The van der Waals surface area contributed by atoms with Gasteiger partial charge in [-0.2, -0.15) is 0 Å². The van der Waals surface area contributed by atoms with Crippen LogP contribution in [0.4, 0.5) is 5.69 Å². The van der Waals surface area contributed by atoms with Crippen LogP contribution in [0.3, 0.4) is 0 Å². The zero-order valence-corrected chi connectivity index (χ0v) is 11.3. The van der Waals surface area contributed by atoms with Gasteiger partial charge in [0.05, 0.1) is 18.5 Å². The first-order chi connectivity index (χ1) is 9.24. The molecule has 0 bridgehead atoms. The van der Waals surface area contributed by atoms with Gasteiger partial charge in [-0.15, -0.1) is 0 Å². The van der Waals surface area contributed by atoms with Gasteiger partial charge in [-0.1, -0.05) is 12.1 Å². The van der Waals surface area contributed by atoms with Crippen LogP contribution in [0, 0.1) is 0 Å². The van der Waals surface area contributed by atoms with E-state index in [0.29, 0.717) is 6.54 Å². The summed E-state index contributed by atoms with van der Waals surface area (Å²) in [7, 11) is 3.73. The lowest BCUT2D eigenvalue weighted by Gasteiger charge is -2.21. The number of rotatable bonds is 5. The van der Waals surface area contributed by atoms with Crippen molar-refractivity contribution in [3.63, 3.8) is 0 Å². The quantitative estimate of drug-likeness (QED) is 0.892. The maximum Gasteiger partial charge on any atom is 0.142 e. The highest BCUT2D eigenvalue weighted by atomic mass is 16.5. The molecule has 0 radical (unpaired) electrons. The number of pyridine rings is 1. The summed E-state index contributed by atoms with van der Waals surface area (Å²) in [5, 5.41) is 0. The lowest BCUT2D eigenvalue weighted by Crippen LogP contribution is -2.17. The Kier molecular flexibility index (Phi) is 4.36. The second kappa shape index (κ2) is 6.20. The van der Waals surface area contributed by atoms with E-state index in [0.717, 1.165) is 23.7 Å². The van der Waals surface area contributed by atoms with Gasteiger partial charge in [0, 0.05) is 26.3 Å². The van der Waals surface area contributed by atoms with E-state index in [1.807, 2.05) is 43.4 Å². The Morgan fingerprint density at radius 3 is 2.79 bits per heavy atom. The summed E-state index contributed by atoms with van der Waals surface area (Å²) in [5.41, 5.74) is 8.77. The molecule has 1 heterocycles. The molecular formula is C15H19N3O. The Morgan fingerprint density at radius 2 is 2.05 bits per heavy atom. The highest BCUT2D eigenvalue weighted by molar-refractivity contribution is 5.58. The van der Waals surface area contributed by atoms with Gasteiger partial charge in [0.15, 0.2) is 0 Å². The molecule has 100 valence electrons. The number of aromatic nitrogens is 1. The average Bonchev–Trinajstić information content (AvgIpc) is 2.47. The number of anilines is 1. The van der Waals surface area contributed by atoms with E-state index in [2.05, 4.69) is 9.88 Å². The van der Waals surface area contributed by atoms with Gasteiger partial charge in [-0.3, -0.25) is 4.98 Å². The molecule has 0 unspecified atom stereocenters. The van der Waals surface area contributed by atoms with Crippen LogP contribution in [0.25, 0.3) is 0 Å². The predicted octanol–water partition coefficient (Wildman–Crippen LogP) is 2.19. The third kappa shape index (κ3) is 3.23. The molecule has 0 aliphatic carbocycles. The van der Waals surface area contributed by atoms with Crippen LogP contribution in [0.15, 0.2) is 42.6 Å². The summed E-state index contributed by atoms with van der Waals surface area (Å²) in [6, 6.07) is 12.0. The van der Waals surface area contributed by atoms with Crippen molar-refractivity contribution in [2.75, 3.05) is 19.1 Å². The number of para-hydroxylation sites is 2. The maximum absolute atomic E-state index is 5.61. The van der Waals surface area contributed by atoms with Gasteiger partial charge in [-0.25, -0.2) is 0 Å². The van der Waals surface area contributed by atoms with E-state index in [9.17, 15) is 0 Å². The molecule has 2 N–H and O–H groups in total. The van der Waals surface area contributed by atoms with Crippen LogP contribution < -0.4 is 15.4 Å². The van der Waals surface area contributed by atoms with Gasteiger partial charge in [0.25, 0.3) is 0 Å². The number of benzene rings is 1. The molecule has 1 aromatic heterocycles. The van der Waals surface area contributed by atoms with Crippen molar-refractivity contribution >= 4 is 5.69 Å². The fourth-order valence-corrected chi connectivity index (χ4v) is 2.04. The second-order valence-corrected chi connectivity index (χ2v) is 4.39. The molecule has 0 fully saturated rings. The summed E-state index contributed by atoms with van der Waals surface area (Å²) in [6.45, 7) is 1.25. The lowest BCUT2D eigenvalue weighted by molar-refractivity contribution is 0.415. The van der Waals surface area contributed by atoms with Gasteiger partial charge >= 0.3 is 0 Å². The van der Waals surface area contributed by atoms with Crippen LogP contribution in [0.1, 0.15) is 11.3 Å². The minimum atomic E-state index is 0.464. The van der Waals surface area contributed by atoms with Gasteiger partial charge in [-0.05, 0) is 29.8 Å². The fraction of sp³-hybridized carbons (Fsp3) is 0.267. The summed E-state index contributed by atoms with van der Waals surface area (Å²) in [5.74, 6) is 0.873. The molecular weight excluding hydrogens is 238 g/mol. The number of hydrogen-bond acceptors (Lipinski definition) is 4. The predicted molar refractivity (Wildman–Crippen MR) is 77.2 cm³/mol. The largest absolute Gasteiger partial charge is 0.495 e. The highest BCUT2D eigenvalue weighted by Crippen LogP contribution is 2.27. The topological polar surface area (TPSA) is 51.4 Å². The molecule has 19 heavy (non-hydrogen) atoms.